The fourth-order valence-electron chi connectivity index (χ4n) is 1.41. The van der Waals surface area contributed by atoms with Gasteiger partial charge in [-0.15, -0.1) is 0 Å². The van der Waals surface area contributed by atoms with E-state index < -0.39 is 0 Å². The van der Waals surface area contributed by atoms with E-state index in [1.54, 1.807) is 7.05 Å². The molecular formula is C12H20N4O. The van der Waals surface area contributed by atoms with Gasteiger partial charge in [-0.3, -0.25) is 0 Å². The molecule has 0 radical (unpaired) electrons. The van der Waals surface area contributed by atoms with Gasteiger partial charge in [0, 0.05) is 32.9 Å². The molecule has 0 saturated heterocycles. The summed E-state index contributed by atoms with van der Waals surface area (Å²) in [4.78, 5) is 2.13. The number of azo groups is 1. The molecule has 0 saturated carbocycles. The minimum Gasteiger partial charge on any atom is -0.378 e. The van der Waals surface area contributed by atoms with Gasteiger partial charge in [0.25, 0.3) is 0 Å². The smallest absolute Gasteiger partial charge is 0.0853 e. The van der Waals surface area contributed by atoms with E-state index in [1.165, 1.54) is 0 Å². The SMILES string of the molecule is CN=Nc1ccc(N(C)CCOCCN)cc1. The third-order valence-electron chi connectivity index (χ3n) is 2.34. The summed E-state index contributed by atoms with van der Waals surface area (Å²) < 4.78 is 5.34. The number of nitrogens with zero attached hydrogens (tertiary/aromatic N) is 3. The van der Waals surface area contributed by atoms with Crippen LogP contribution in [0.5, 0.6) is 0 Å². The molecule has 0 fully saturated rings. The molecule has 5 nitrogen and oxygen atoms in total. The fraction of sp³-hybridized carbons (Fsp3) is 0.500. The van der Waals surface area contributed by atoms with Crippen LogP contribution in [0.3, 0.4) is 0 Å². The van der Waals surface area contributed by atoms with Crippen LogP contribution < -0.4 is 10.6 Å². The first-order valence-electron chi connectivity index (χ1n) is 5.66. The first kappa shape index (κ1) is 13.6. The van der Waals surface area contributed by atoms with E-state index in [1.807, 2.05) is 31.3 Å². The van der Waals surface area contributed by atoms with Crippen molar-refractivity contribution >= 4 is 11.4 Å². The summed E-state index contributed by atoms with van der Waals surface area (Å²) in [6.45, 7) is 2.71. The molecule has 1 rings (SSSR count). The third kappa shape index (κ3) is 4.93. The number of likely N-dealkylation sites (N-methyl/N-ethyl adjacent to an activating group) is 1. The lowest BCUT2D eigenvalue weighted by Crippen LogP contribution is -2.23. The van der Waals surface area contributed by atoms with E-state index in [2.05, 4.69) is 15.1 Å². The van der Waals surface area contributed by atoms with Gasteiger partial charge in [0.15, 0.2) is 0 Å². The molecule has 0 spiro atoms. The molecular weight excluding hydrogens is 216 g/mol. The largest absolute Gasteiger partial charge is 0.378 e. The van der Waals surface area contributed by atoms with E-state index in [-0.39, 0.29) is 0 Å². The number of nitrogens with two attached hydrogens (primary N) is 1. The minimum absolute atomic E-state index is 0.570. The predicted molar refractivity (Wildman–Crippen MR) is 70.0 cm³/mol. The van der Waals surface area contributed by atoms with Crippen molar-refractivity contribution in [3.8, 4) is 0 Å². The van der Waals surface area contributed by atoms with Gasteiger partial charge in [0.2, 0.25) is 0 Å². The van der Waals surface area contributed by atoms with Crippen molar-refractivity contribution in [1.82, 2.24) is 0 Å². The molecule has 0 aromatic heterocycles. The molecule has 0 bridgehead atoms. The molecule has 0 aliphatic rings. The summed E-state index contributed by atoms with van der Waals surface area (Å²) in [6.07, 6.45) is 0. The highest BCUT2D eigenvalue weighted by atomic mass is 16.5. The highest BCUT2D eigenvalue weighted by molar-refractivity contribution is 5.52. The average Bonchev–Trinajstić information content (AvgIpc) is 2.36. The monoisotopic (exact) mass is 236 g/mol. The number of rotatable bonds is 7. The minimum atomic E-state index is 0.570. The van der Waals surface area contributed by atoms with Crippen LogP contribution in [-0.2, 0) is 4.74 Å². The van der Waals surface area contributed by atoms with Gasteiger partial charge < -0.3 is 15.4 Å². The predicted octanol–water partition coefficient (Wildman–Crippen LogP) is 1.81. The molecule has 5 heteroatoms. The Morgan fingerprint density at radius 2 is 1.94 bits per heavy atom. The second-order valence-corrected chi connectivity index (χ2v) is 3.64. The lowest BCUT2D eigenvalue weighted by Gasteiger charge is -2.19. The molecule has 0 aliphatic heterocycles. The molecule has 0 unspecified atom stereocenters. The van der Waals surface area contributed by atoms with Crippen LogP contribution >= 0.6 is 0 Å². The van der Waals surface area contributed by atoms with Crippen molar-refractivity contribution in [2.75, 3.05) is 45.3 Å². The number of hydrogen-bond donors (Lipinski definition) is 1. The van der Waals surface area contributed by atoms with Gasteiger partial charge in [0.1, 0.15) is 0 Å². The van der Waals surface area contributed by atoms with Crippen molar-refractivity contribution in [2.45, 2.75) is 0 Å². The Labute approximate surface area is 102 Å². The maximum Gasteiger partial charge on any atom is 0.0853 e. The lowest BCUT2D eigenvalue weighted by atomic mass is 10.2. The second kappa shape index (κ2) is 7.76. The summed E-state index contributed by atoms with van der Waals surface area (Å²) >= 11 is 0. The molecule has 0 heterocycles. The van der Waals surface area contributed by atoms with Crippen LogP contribution in [0.2, 0.25) is 0 Å². The zero-order valence-electron chi connectivity index (χ0n) is 10.5. The quantitative estimate of drug-likeness (QED) is 0.580. The molecule has 2 N–H and O–H groups in total. The van der Waals surface area contributed by atoms with E-state index in [0.29, 0.717) is 19.8 Å². The van der Waals surface area contributed by atoms with E-state index in [4.69, 9.17) is 10.5 Å². The zero-order valence-corrected chi connectivity index (χ0v) is 10.5. The average molecular weight is 236 g/mol. The first-order chi connectivity index (χ1) is 8.27. The van der Waals surface area contributed by atoms with E-state index >= 15 is 0 Å². The summed E-state index contributed by atoms with van der Waals surface area (Å²) in [5.41, 5.74) is 7.34. The van der Waals surface area contributed by atoms with Crippen LogP contribution in [0.4, 0.5) is 11.4 Å². The Hall–Kier alpha value is -1.46. The van der Waals surface area contributed by atoms with Crippen LogP contribution in [0.15, 0.2) is 34.5 Å². The van der Waals surface area contributed by atoms with Gasteiger partial charge in [-0.25, -0.2) is 0 Å². The molecule has 17 heavy (non-hydrogen) atoms. The van der Waals surface area contributed by atoms with Gasteiger partial charge in [-0.05, 0) is 24.3 Å². The zero-order chi connectivity index (χ0) is 12.5. The fourth-order valence-corrected chi connectivity index (χ4v) is 1.41. The van der Waals surface area contributed by atoms with E-state index in [9.17, 15) is 0 Å². The van der Waals surface area contributed by atoms with Crippen molar-refractivity contribution in [3.05, 3.63) is 24.3 Å². The molecule has 94 valence electrons. The Morgan fingerprint density at radius 1 is 1.24 bits per heavy atom. The summed E-state index contributed by atoms with van der Waals surface area (Å²) in [5.74, 6) is 0. The highest BCUT2D eigenvalue weighted by Gasteiger charge is 2.00. The Morgan fingerprint density at radius 3 is 2.53 bits per heavy atom. The van der Waals surface area contributed by atoms with Crippen molar-refractivity contribution in [2.24, 2.45) is 16.0 Å². The Bertz CT molecular complexity index is 337. The molecule has 1 aromatic rings. The van der Waals surface area contributed by atoms with Crippen molar-refractivity contribution in [3.63, 3.8) is 0 Å². The van der Waals surface area contributed by atoms with Crippen molar-refractivity contribution < 1.29 is 4.74 Å². The summed E-state index contributed by atoms with van der Waals surface area (Å²) in [6, 6.07) is 7.93. The Balaban J connectivity index is 2.43. The second-order valence-electron chi connectivity index (χ2n) is 3.64. The number of anilines is 1. The van der Waals surface area contributed by atoms with Gasteiger partial charge >= 0.3 is 0 Å². The van der Waals surface area contributed by atoms with Crippen LogP contribution in [0.25, 0.3) is 0 Å². The maximum atomic E-state index is 5.34. The number of ether oxygens (including phenoxy) is 1. The number of hydrogen-bond acceptors (Lipinski definition) is 5. The number of benzene rings is 1. The van der Waals surface area contributed by atoms with Gasteiger partial charge in [-0.1, -0.05) is 0 Å². The standard InChI is InChI=1S/C12H20N4O/c1-14-15-11-3-5-12(6-4-11)16(2)8-10-17-9-7-13/h3-6H,7-10,13H2,1-2H3. The summed E-state index contributed by atoms with van der Waals surface area (Å²) in [5, 5.41) is 7.69. The lowest BCUT2D eigenvalue weighted by molar-refractivity contribution is 0.148. The third-order valence-corrected chi connectivity index (χ3v) is 2.34. The van der Waals surface area contributed by atoms with Crippen molar-refractivity contribution in [1.29, 1.82) is 0 Å². The first-order valence-corrected chi connectivity index (χ1v) is 5.66. The van der Waals surface area contributed by atoms with Crippen LogP contribution in [-0.4, -0.2) is 40.4 Å². The Kier molecular flexibility index (Phi) is 6.21. The molecule has 0 aliphatic carbocycles. The maximum absolute atomic E-state index is 5.34. The molecule has 0 atom stereocenters. The topological polar surface area (TPSA) is 63.2 Å². The van der Waals surface area contributed by atoms with Crippen LogP contribution in [0, 0.1) is 0 Å². The van der Waals surface area contributed by atoms with Gasteiger partial charge in [0.05, 0.1) is 18.9 Å². The highest BCUT2D eigenvalue weighted by Crippen LogP contribution is 2.18. The molecule has 0 amide bonds. The van der Waals surface area contributed by atoms with Crippen LogP contribution in [0.1, 0.15) is 0 Å². The normalized spacial score (nSPS) is 11.0. The van der Waals surface area contributed by atoms with Gasteiger partial charge in [-0.2, -0.15) is 10.2 Å². The summed E-state index contributed by atoms with van der Waals surface area (Å²) in [7, 11) is 3.69. The molecule has 1 aromatic carbocycles. The van der Waals surface area contributed by atoms with E-state index in [0.717, 1.165) is 17.9 Å².